The van der Waals surface area contributed by atoms with Crippen molar-refractivity contribution >= 4 is 21.8 Å². The molecule has 0 fully saturated rings. The minimum Gasteiger partial charge on any atom is -0.308 e. The third kappa shape index (κ3) is 6.57. The summed E-state index contributed by atoms with van der Waals surface area (Å²) in [5, 5.41) is 2.42. The Morgan fingerprint density at radius 1 is 0.246 bits per heavy atom. The number of fused-ring (bicyclic) bond motifs is 3. The maximum atomic E-state index is 5.22. The van der Waals surface area contributed by atoms with Crippen LogP contribution in [0.1, 0.15) is 0 Å². The molecule has 4 heteroatoms. The van der Waals surface area contributed by atoms with Gasteiger partial charge in [0.05, 0.1) is 16.7 Å². The highest BCUT2D eigenvalue weighted by Crippen LogP contribution is 2.47. The molecule has 0 amide bonds. The molecule has 9 aromatic carbocycles. The van der Waals surface area contributed by atoms with Crippen LogP contribution in [0.2, 0.25) is 0 Å². The number of rotatable bonds is 8. The van der Waals surface area contributed by atoms with Gasteiger partial charge in [-0.3, -0.25) is 0 Å². The number of aromatic nitrogens is 4. The second-order valence-corrected chi connectivity index (χ2v) is 15.2. The minimum atomic E-state index is 0.605. The summed E-state index contributed by atoms with van der Waals surface area (Å²) in [6, 6.07) is 81.3. The van der Waals surface area contributed by atoms with E-state index in [4.69, 9.17) is 15.0 Å². The first-order valence-corrected chi connectivity index (χ1v) is 20.6. The largest absolute Gasteiger partial charge is 0.308 e. The standard InChI is InChI=1S/C57H38N4/c1-7-21-39(22-8-1)46-33-19-35-50-52(46)53-47(40-23-9-2-10-24-40)34-20-36-51(53)61(50)54-48(41-25-11-3-12-26-41)37-45(38-49(54)42-27-13-4-14-28-42)57-59-55(43-29-15-5-16-30-43)58-56(60-57)44-31-17-6-18-32-44/h1-38H. The van der Waals surface area contributed by atoms with E-state index in [0.29, 0.717) is 17.5 Å². The summed E-state index contributed by atoms with van der Waals surface area (Å²) >= 11 is 0. The van der Waals surface area contributed by atoms with Crippen LogP contribution in [0.25, 0.3) is 106 Å². The average molecular weight is 779 g/mol. The van der Waals surface area contributed by atoms with Crippen molar-refractivity contribution in [3.63, 3.8) is 0 Å². The SMILES string of the molecule is c1ccc(-c2nc(-c3ccccc3)nc(-c3cc(-c4ccccc4)c(-n4c5cccc(-c6ccccc6)c5c5c(-c6ccccc6)cccc54)c(-c4ccccc4)c3)n2)cc1. The van der Waals surface area contributed by atoms with Crippen LogP contribution < -0.4 is 0 Å². The van der Waals surface area contributed by atoms with Gasteiger partial charge in [0.25, 0.3) is 0 Å². The monoisotopic (exact) mass is 778 g/mol. The Balaban J connectivity index is 1.28. The predicted molar refractivity (Wildman–Crippen MR) is 252 cm³/mol. The Morgan fingerprint density at radius 2 is 0.541 bits per heavy atom. The topological polar surface area (TPSA) is 43.6 Å². The zero-order chi connectivity index (χ0) is 40.5. The molecule has 0 aliphatic heterocycles. The normalized spacial score (nSPS) is 11.3. The summed E-state index contributed by atoms with van der Waals surface area (Å²) in [5.41, 5.74) is 15.1. The Bertz CT molecular complexity index is 3100. The van der Waals surface area contributed by atoms with Gasteiger partial charge in [-0.25, -0.2) is 15.0 Å². The fraction of sp³-hybridized carbons (Fsp3) is 0. The molecule has 61 heavy (non-hydrogen) atoms. The maximum absolute atomic E-state index is 5.22. The van der Waals surface area contributed by atoms with Crippen LogP contribution in [0, 0.1) is 0 Å². The molecule has 0 unspecified atom stereocenters. The van der Waals surface area contributed by atoms with E-state index < -0.39 is 0 Å². The molecule has 286 valence electrons. The van der Waals surface area contributed by atoms with Crippen LogP contribution >= 0.6 is 0 Å². The molecule has 0 N–H and O–H groups in total. The van der Waals surface area contributed by atoms with Crippen LogP contribution in [-0.2, 0) is 0 Å². The predicted octanol–water partition coefficient (Wildman–Crippen LogP) is 14.6. The van der Waals surface area contributed by atoms with Gasteiger partial charge >= 0.3 is 0 Å². The summed E-state index contributed by atoms with van der Waals surface area (Å²) in [5.74, 6) is 1.86. The van der Waals surface area contributed by atoms with Gasteiger partial charge in [-0.1, -0.05) is 206 Å². The number of hydrogen-bond acceptors (Lipinski definition) is 3. The van der Waals surface area contributed by atoms with E-state index >= 15 is 0 Å². The van der Waals surface area contributed by atoms with Gasteiger partial charge in [0.2, 0.25) is 0 Å². The molecule has 0 aliphatic rings. The van der Waals surface area contributed by atoms with Crippen LogP contribution in [0.15, 0.2) is 231 Å². The Morgan fingerprint density at radius 3 is 0.885 bits per heavy atom. The first-order valence-electron chi connectivity index (χ1n) is 20.6. The third-order valence-corrected chi connectivity index (χ3v) is 11.4. The van der Waals surface area contributed by atoms with Gasteiger partial charge in [0, 0.05) is 38.6 Å². The quantitative estimate of drug-likeness (QED) is 0.154. The lowest BCUT2D eigenvalue weighted by Gasteiger charge is -2.21. The van der Waals surface area contributed by atoms with Crippen molar-refractivity contribution in [1.29, 1.82) is 0 Å². The molecule has 2 heterocycles. The van der Waals surface area contributed by atoms with Crippen molar-refractivity contribution in [1.82, 2.24) is 19.5 Å². The maximum Gasteiger partial charge on any atom is 0.164 e. The van der Waals surface area contributed by atoms with Crippen LogP contribution in [0.4, 0.5) is 0 Å². The molecular weight excluding hydrogens is 741 g/mol. The highest BCUT2D eigenvalue weighted by atomic mass is 15.0. The van der Waals surface area contributed by atoms with Crippen LogP contribution in [-0.4, -0.2) is 19.5 Å². The van der Waals surface area contributed by atoms with Gasteiger partial charge in [-0.2, -0.15) is 0 Å². The summed E-state index contributed by atoms with van der Waals surface area (Å²) in [6.07, 6.45) is 0. The molecule has 0 aliphatic carbocycles. The van der Waals surface area contributed by atoms with Gasteiger partial charge in [-0.05, 0) is 57.6 Å². The van der Waals surface area contributed by atoms with Crippen molar-refractivity contribution in [3.8, 4) is 84.4 Å². The van der Waals surface area contributed by atoms with Crippen molar-refractivity contribution in [2.45, 2.75) is 0 Å². The highest BCUT2D eigenvalue weighted by molar-refractivity contribution is 6.21. The van der Waals surface area contributed by atoms with E-state index in [-0.39, 0.29) is 0 Å². The smallest absolute Gasteiger partial charge is 0.164 e. The van der Waals surface area contributed by atoms with E-state index in [1.54, 1.807) is 0 Å². The molecule has 0 saturated carbocycles. The minimum absolute atomic E-state index is 0.605. The summed E-state index contributed by atoms with van der Waals surface area (Å²) in [7, 11) is 0. The lowest BCUT2D eigenvalue weighted by Crippen LogP contribution is -2.04. The first-order chi connectivity index (χ1) is 30.3. The van der Waals surface area contributed by atoms with Crippen LogP contribution in [0.3, 0.4) is 0 Å². The second-order valence-electron chi connectivity index (χ2n) is 15.2. The summed E-state index contributed by atoms with van der Waals surface area (Å²) in [6.45, 7) is 0. The fourth-order valence-electron chi connectivity index (χ4n) is 8.68. The van der Waals surface area contributed by atoms with E-state index in [2.05, 4.69) is 199 Å². The number of nitrogens with zero attached hydrogens (tertiary/aromatic N) is 4. The van der Waals surface area contributed by atoms with Crippen molar-refractivity contribution < 1.29 is 0 Å². The average Bonchev–Trinajstić information content (AvgIpc) is 3.69. The fourth-order valence-corrected chi connectivity index (χ4v) is 8.68. The van der Waals surface area contributed by atoms with Crippen molar-refractivity contribution in [2.75, 3.05) is 0 Å². The number of benzene rings is 9. The van der Waals surface area contributed by atoms with Gasteiger partial charge in [-0.15, -0.1) is 0 Å². The second kappa shape index (κ2) is 15.5. The molecule has 11 aromatic rings. The van der Waals surface area contributed by atoms with Crippen molar-refractivity contribution in [2.24, 2.45) is 0 Å². The Kier molecular flexibility index (Phi) is 9.14. The third-order valence-electron chi connectivity index (χ3n) is 11.4. The first kappa shape index (κ1) is 35.9. The molecule has 0 radical (unpaired) electrons. The lowest BCUT2D eigenvalue weighted by atomic mass is 9.92. The molecule has 4 nitrogen and oxygen atoms in total. The molecular formula is C57H38N4. The van der Waals surface area contributed by atoms with Gasteiger partial charge < -0.3 is 4.57 Å². The Labute approximate surface area is 354 Å². The lowest BCUT2D eigenvalue weighted by molar-refractivity contribution is 1.07. The van der Waals surface area contributed by atoms with E-state index in [1.807, 2.05) is 36.4 Å². The zero-order valence-electron chi connectivity index (χ0n) is 33.2. The van der Waals surface area contributed by atoms with Gasteiger partial charge in [0.1, 0.15) is 0 Å². The molecule has 0 atom stereocenters. The molecule has 0 bridgehead atoms. The van der Waals surface area contributed by atoms with E-state index in [1.165, 1.54) is 33.0 Å². The van der Waals surface area contributed by atoms with E-state index in [9.17, 15) is 0 Å². The molecule has 2 aromatic heterocycles. The number of hydrogen-bond donors (Lipinski definition) is 0. The zero-order valence-corrected chi connectivity index (χ0v) is 33.2. The highest BCUT2D eigenvalue weighted by Gasteiger charge is 2.25. The molecule has 0 saturated heterocycles. The van der Waals surface area contributed by atoms with E-state index in [0.717, 1.165) is 55.7 Å². The van der Waals surface area contributed by atoms with Crippen LogP contribution in [0.5, 0.6) is 0 Å². The van der Waals surface area contributed by atoms with Gasteiger partial charge in [0.15, 0.2) is 17.5 Å². The summed E-state index contributed by atoms with van der Waals surface area (Å²) in [4.78, 5) is 15.5. The summed E-state index contributed by atoms with van der Waals surface area (Å²) < 4.78 is 2.50. The molecule has 11 rings (SSSR count). The van der Waals surface area contributed by atoms with Crippen molar-refractivity contribution in [3.05, 3.63) is 231 Å². The Hall–Kier alpha value is -8.21. The molecule has 0 spiro atoms.